The topological polar surface area (TPSA) is 9.23 Å². The summed E-state index contributed by atoms with van der Waals surface area (Å²) in [6.45, 7) is 8.91. The minimum Gasteiger partial charge on any atom is -0.495 e. The molecule has 0 aliphatic heterocycles. The van der Waals surface area contributed by atoms with Crippen LogP contribution in [0.5, 0.6) is 5.75 Å². The van der Waals surface area contributed by atoms with Crippen LogP contribution in [0.4, 0.5) is 0 Å². The number of hydrogen-bond donors (Lipinski definition) is 0. The fourth-order valence-corrected chi connectivity index (χ4v) is 2.87. The molecular formula is C14H21BrO. The third-order valence-corrected chi connectivity index (χ3v) is 3.68. The molecule has 1 nitrogen and oxygen atoms in total. The highest BCUT2D eigenvalue weighted by Crippen LogP contribution is 2.36. The average Bonchev–Trinajstić information content (AvgIpc) is 2.17. The van der Waals surface area contributed by atoms with Crippen molar-refractivity contribution in [2.75, 3.05) is 7.11 Å². The van der Waals surface area contributed by atoms with Crippen LogP contribution in [0.2, 0.25) is 0 Å². The van der Waals surface area contributed by atoms with Crippen LogP contribution in [-0.4, -0.2) is 7.11 Å². The molecule has 0 saturated heterocycles. The van der Waals surface area contributed by atoms with Gasteiger partial charge in [0, 0.05) is 0 Å². The number of aryl methyl sites for hydroxylation is 1. The maximum atomic E-state index is 5.36. The lowest BCUT2D eigenvalue weighted by Gasteiger charge is -2.26. The van der Waals surface area contributed by atoms with Gasteiger partial charge in [0.2, 0.25) is 0 Å². The Labute approximate surface area is 107 Å². The van der Waals surface area contributed by atoms with Crippen LogP contribution in [-0.2, 0) is 5.41 Å². The van der Waals surface area contributed by atoms with Gasteiger partial charge in [-0.05, 0) is 51.9 Å². The molecule has 0 spiro atoms. The van der Waals surface area contributed by atoms with Crippen LogP contribution < -0.4 is 4.74 Å². The third kappa shape index (κ3) is 2.79. The molecule has 2 heteroatoms. The predicted molar refractivity (Wildman–Crippen MR) is 73.4 cm³/mol. The zero-order valence-electron chi connectivity index (χ0n) is 10.9. The second-order valence-electron chi connectivity index (χ2n) is 4.94. The van der Waals surface area contributed by atoms with Crippen molar-refractivity contribution in [1.29, 1.82) is 0 Å². The second kappa shape index (κ2) is 5.22. The quantitative estimate of drug-likeness (QED) is 0.768. The molecule has 0 radical (unpaired) electrons. The maximum absolute atomic E-state index is 5.36. The fraction of sp³-hybridized carbons (Fsp3) is 0.571. The summed E-state index contributed by atoms with van der Waals surface area (Å²) in [7, 11) is 1.71. The fourth-order valence-electron chi connectivity index (χ4n) is 2.15. The summed E-state index contributed by atoms with van der Waals surface area (Å²) in [5.41, 5.74) is 2.80. The molecule has 16 heavy (non-hydrogen) atoms. The predicted octanol–water partition coefficient (Wildman–Crippen LogP) is 4.84. The molecule has 0 aromatic heterocycles. The highest BCUT2D eigenvalue weighted by Gasteiger charge is 2.21. The summed E-state index contributed by atoms with van der Waals surface area (Å²) in [5, 5.41) is 0. The van der Waals surface area contributed by atoms with Crippen molar-refractivity contribution in [3.63, 3.8) is 0 Å². The lowest BCUT2D eigenvalue weighted by atomic mass is 9.80. The van der Waals surface area contributed by atoms with Crippen LogP contribution in [0.3, 0.4) is 0 Å². The Morgan fingerprint density at radius 2 is 1.94 bits per heavy atom. The lowest BCUT2D eigenvalue weighted by Crippen LogP contribution is -2.17. The zero-order chi connectivity index (χ0) is 12.3. The third-order valence-electron chi connectivity index (χ3n) is 3.09. The molecule has 0 saturated carbocycles. The van der Waals surface area contributed by atoms with Crippen LogP contribution in [0.15, 0.2) is 16.6 Å². The summed E-state index contributed by atoms with van der Waals surface area (Å²) in [4.78, 5) is 0. The molecule has 1 rings (SSSR count). The monoisotopic (exact) mass is 284 g/mol. The van der Waals surface area contributed by atoms with Gasteiger partial charge in [0.15, 0.2) is 0 Å². The summed E-state index contributed by atoms with van der Waals surface area (Å²) >= 11 is 3.58. The van der Waals surface area contributed by atoms with E-state index >= 15 is 0 Å². The molecule has 0 fully saturated rings. The van der Waals surface area contributed by atoms with Crippen molar-refractivity contribution < 1.29 is 4.74 Å². The van der Waals surface area contributed by atoms with Gasteiger partial charge in [-0.25, -0.2) is 0 Å². The van der Waals surface area contributed by atoms with E-state index in [4.69, 9.17) is 4.74 Å². The van der Waals surface area contributed by atoms with Gasteiger partial charge in [0.05, 0.1) is 11.6 Å². The Hall–Kier alpha value is -0.500. The van der Waals surface area contributed by atoms with Gasteiger partial charge in [-0.2, -0.15) is 0 Å². The molecule has 0 atom stereocenters. The van der Waals surface area contributed by atoms with Crippen molar-refractivity contribution in [1.82, 2.24) is 0 Å². The molecule has 1 aromatic rings. The number of methoxy groups -OCH3 is 1. The van der Waals surface area contributed by atoms with E-state index in [0.29, 0.717) is 0 Å². The van der Waals surface area contributed by atoms with Gasteiger partial charge in [0.25, 0.3) is 0 Å². The molecular weight excluding hydrogens is 264 g/mol. The first-order chi connectivity index (χ1) is 7.42. The zero-order valence-corrected chi connectivity index (χ0v) is 12.4. The SMILES string of the molecule is CCCC(C)(C)c1cc(C)c(OC)c(Br)c1. The molecule has 0 N–H and O–H groups in total. The van der Waals surface area contributed by atoms with E-state index in [9.17, 15) is 0 Å². The highest BCUT2D eigenvalue weighted by molar-refractivity contribution is 9.10. The van der Waals surface area contributed by atoms with E-state index < -0.39 is 0 Å². The Kier molecular flexibility index (Phi) is 4.43. The minimum atomic E-state index is 0.230. The van der Waals surface area contributed by atoms with E-state index in [1.807, 2.05) is 0 Å². The first kappa shape index (κ1) is 13.6. The van der Waals surface area contributed by atoms with Crippen molar-refractivity contribution in [2.45, 2.75) is 46.0 Å². The van der Waals surface area contributed by atoms with E-state index in [1.54, 1.807) is 7.11 Å². The summed E-state index contributed by atoms with van der Waals surface area (Å²) in [5.74, 6) is 0.941. The number of rotatable bonds is 4. The van der Waals surface area contributed by atoms with Crippen molar-refractivity contribution in [3.8, 4) is 5.75 Å². The van der Waals surface area contributed by atoms with Crippen LogP contribution in [0.25, 0.3) is 0 Å². The van der Waals surface area contributed by atoms with Crippen molar-refractivity contribution in [3.05, 3.63) is 27.7 Å². The molecule has 0 aliphatic carbocycles. The molecule has 1 aromatic carbocycles. The number of benzene rings is 1. The highest BCUT2D eigenvalue weighted by atomic mass is 79.9. The molecule has 0 unspecified atom stereocenters. The lowest BCUT2D eigenvalue weighted by molar-refractivity contribution is 0.407. The number of hydrogen-bond acceptors (Lipinski definition) is 1. The Morgan fingerprint density at radius 3 is 2.38 bits per heavy atom. The van der Waals surface area contributed by atoms with E-state index in [1.165, 1.54) is 24.0 Å². The van der Waals surface area contributed by atoms with Crippen LogP contribution in [0.1, 0.15) is 44.7 Å². The minimum absolute atomic E-state index is 0.230. The van der Waals surface area contributed by atoms with Crippen molar-refractivity contribution >= 4 is 15.9 Å². The van der Waals surface area contributed by atoms with E-state index in [0.717, 1.165) is 10.2 Å². The van der Waals surface area contributed by atoms with Gasteiger partial charge in [0.1, 0.15) is 5.75 Å². The average molecular weight is 285 g/mol. The van der Waals surface area contributed by atoms with Gasteiger partial charge in [-0.1, -0.05) is 33.3 Å². The van der Waals surface area contributed by atoms with Gasteiger partial charge >= 0.3 is 0 Å². The van der Waals surface area contributed by atoms with Crippen LogP contribution in [0, 0.1) is 6.92 Å². The van der Waals surface area contributed by atoms with Crippen molar-refractivity contribution in [2.24, 2.45) is 0 Å². The van der Waals surface area contributed by atoms with E-state index in [2.05, 4.69) is 55.8 Å². The first-order valence-corrected chi connectivity index (χ1v) is 6.56. The van der Waals surface area contributed by atoms with E-state index in [-0.39, 0.29) is 5.41 Å². The second-order valence-corrected chi connectivity index (χ2v) is 5.80. The summed E-state index contributed by atoms with van der Waals surface area (Å²) in [6, 6.07) is 4.42. The number of halogens is 1. The van der Waals surface area contributed by atoms with Gasteiger partial charge in [-0.3, -0.25) is 0 Å². The standard InChI is InChI=1S/C14H21BrO/c1-6-7-14(3,4)11-8-10(2)13(16-5)12(15)9-11/h8-9H,6-7H2,1-5H3. The smallest absolute Gasteiger partial charge is 0.135 e. The summed E-state index contributed by atoms with van der Waals surface area (Å²) < 4.78 is 6.41. The molecule has 0 aliphatic rings. The molecule has 0 heterocycles. The largest absolute Gasteiger partial charge is 0.495 e. The normalized spacial score (nSPS) is 11.6. The van der Waals surface area contributed by atoms with Crippen LogP contribution >= 0.6 is 15.9 Å². The Balaban J connectivity index is 3.17. The molecule has 0 amide bonds. The molecule has 90 valence electrons. The van der Waals surface area contributed by atoms with Gasteiger partial charge < -0.3 is 4.74 Å². The Bertz CT molecular complexity index is 346. The van der Waals surface area contributed by atoms with Gasteiger partial charge in [-0.15, -0.1) is 0 Å². The molecule has 0 bridgehead atoms. The first-order valence-electron chi connectivity index (χ1n) is 5.77. The Morgan fingerprint density at radius 1 is 1.31 bits per heavy atom. The number of ether oxygens (including phenoxy) is 1. The summed E-state index contributed by atoms with van der Waals surface area (Å²) in [6.07, 6.45) is 2.40. The maximum Gasteiger partial charge on any atom is 0.135 e.